The van der Waals surface area contributed by atoms with Gasteiger partial charge in [-0.25, -0.2) is 0 Å². The Hall–Kier alpha value is -1.50. The highest BCUT2D eigenvalue weighted by molar-refractivity contribution is 9.10. The molecule has 0 atom stereocenters. The number of hydrogen-bond acceptors (Lipinski definition) is 3. The van der Waals surface area contributed by atoms with Gasteiger partial charge in [-0.3, -0.25) is 0 Å². The Labute approximate surface area is 109 Å². The molecule has 0 saturated heterocycles. The highest BCUT2D eigenvalue weighted by atomic mass is 79.9. The van der Waals surface area contributed by atoms with Crippen molar-refractivity contribution in [3.05, 3.63) is 33.8 Å². The number of nitrogen functional groups attached to an aromatic ring is 1. The standard InChI is InChI=1S/C11H8BrF3N2O/c1-5-9(18-17-10(5)16)7-4-6(11(13,14)15)2-3-8(7)12/h2-4H,1H3,(H2,16,17). The molecule has 1 heterocycles. The summed E-state index contributed by atoms with van der Waals surface area (Å²) in [4.78, 5) is 0. The van der Waals surface area contributed by atoms with Crippen LogP contribution in [-0.2, 0) is 6.18 Å². The van der Waals surface area contributed by atoms with Crippen molar-refractivity contribution >= 4 is 21.7 Å². The fraction of sp³-hybridized carbons (Fsp3) is 0.182. The number of halogens is 4. The minimum absolute atomic E-state index is 0.161. The molecule has 3 nitrogen and oxygen atoms in total. The molecule has 2 aromatic rings. The third kappa shape index (κ3) is 2.22. The molecule has 0 fully saturated rings. The lowest BCUT2D eigenvalue weighted by atomic mass is 10.1. The van der Waals surface area contributed by atoms with E-state index in [4.69, 9.17) is 10.3 Å². The van der Waals surface area contributed by atoms with Crippen molar-refractivity contribution in [2.24, 2.45) is 0 Å². The number of nitrogens with zero attached hydrogens (tertiary/aromatic N) is 1. The van der Waals surface area contributed by atoms with Crippen LogP contribution in [0.5, 0.6) is 0 Å². The van der Waals surface area contributed by atoms with Gasteiger partial charge in [-0.05, 0) is 25.1 Å². The van der Waals surface area contributed by atoms with E-state index in [2.05, 4.69) is 21.1 Å². The van der Waals surface area contributed by atoms with E-state index in [-0.39, 0.29) is 17.1 Å². The second kappa shape index (κ2) is 4.31. The van der Waals surface area contributed by atoms with Crippen LogP contribution in [0, 0.1) is 6.92 Å². The molecule has 0 radical (unpaired) electrons. The van der Waals surface area contributed by atoms with Crippen LogP contribution in [0.1, 0.15) is 11.1 Å². The number of alkyl halides is 3. The topological polar surface area (TPSA) is 52.0 Å². The van der Waals surface area contributed by atoms with Crippen LogP contribution in [0.2, 0.25) is 0 Å². The minimum Gasteiger partial charge on any atom is -0.381 e. The fourth-order valence-electron chi connectivity index (χ4n) is 1.47. The second-order valence-electron chi connectivity index (χ2n) is 3.71. The van der Waals surface area contributed by atoms with Crippen LogP contribution in [0.15, 0.2) is 27.2 Å². The van der Waals surface area contributed by atoms with Gasteiger partial charge in [0, 0.05) is 15.6 Å². The third-order valence-corrected chi connectivity index (χ3v) is 3.19. The second-order valence-corrected chi connectivity index (χ2v) is 4.57. The molecule has 0 aliphatic carbocycles. The van der Waals surface area contributed by atoms with Crippen LogP contribution in [0.4, 0.5) is 19.0 Å². The smallest absolute Gasteiger partial charge is 0.381 e. The highest BCUT2D eigenvalue weighted by Crippen LogP contribution is 2.37. The van der Waals surface area contributed by atoms with Gasteiger partial charge in [0.2, 0.25) is 0 Å². The first-order valence-electron chi connectivity index (χ1n) is 4.89. The molecule has 2 rings (SSSR count). The predicted octanol–water partition coefficient (Wildman–Crippen LogP) is 4.01. The minimum atomic E-state index is -4.41. The van der Waals surface area contributed by atoms with E-state index in [1.165, 1.54) is 6.07 Å². The van der Waals surface area contributed by atoms with E-state index in [9.17, 15) is 13.2 Å². The SMILES string of the molecule is Cc1c(N)noc1-c1cc(C(F)(F)F)ccc1Br. The Morgan fingerprint density at radius 1 is 1.33 bits per heavy atom. The summed E-state index contributed by atoms with van der Waals surface area (Å²) in [7, 11) is 0. The Kier molecular flexibility index (Phi) is 3.10. The zero-order chi connectivity index (χ0) is 13.5. The Morgan fingerprint density at radius 2 is 2.00 bits per heavy atom. The van der Waals surface area contributed by atoms with Crippen LogP contribution in [0.3, 0.4) is 0 Å². The molecule has 1 aromatic heterocycles. The van der Waals surface area contributed by atoms with Gasteiger partial charge in [0.25, 0.3) is 0 Å². The number of nitrogens with two attached hydrogens (primary N) is 1. The highest BCUT2D eigenvalue weighted by Gasteiger charge is 2.31. The number of anilines is 1. The molecule has 0 unspecified atom stereocenters. The van der Waals surface area contributed by atoms with Gasteiger partial charge in [0.15, 0.2) is 11.6 Å². The van der Waals surface area contributed by atoms with Gasteiger partial charge in [-0.2, -0.15) is 13.2 Å². The van der Waals surface area contributed by atoms with E-state index in [1.807, 2.05) is 0 Å². The number of aromatic nitrogens is 1. The summed E-state index contributed by atoms with van der Waals surface area (Å²) in [6, 6.07) is 3.30. The molecule has 7 heteroatoms. The molecule has 2 N–H and O–H groups in total. The van der Waals surface area contributed by atoms with Gasteiger partial charge >= 0.3 is 6.18 Å². The van der Waals surface area contributed by atoms with Crippen LogP contribution < -0.4 is 5.73 Å². The summed E-state index contributed by atoms with van der Waals surface area (Å²) in [6.45, 7) is 1.63. The monoisotopic (exact) mass is 320 g/mol. The summed E-state index contributed by atoms with van der Waals surface area (Å²) in [6.07, 6.45) is -4.41. The normalized spacial score (nSPS) is 11.8. The largest absolute Gasteiger partial charge is 0.416 e. The van der Waals surface area contributed by atoms with Crippen LogP contribution >= 0.6 is 15.9 Å². The van der Waals surface area contributed by atoms with Crippen molar-refractivity contribution < 1.29 is 17.7 Å². The molecule has 0 aliphatic rings. The van der Waals surface area contributed by atoms with Crippen molar-refractivity contribution in [3.63, 3.8) is 0 Å². The Bertz CT molecular complexity index is 592. The first-order chi connectivity index (χ1) is 8.30. The summed E-state index contributed by atoms with van der Waals surface area (Å²) >= 11 is 3.18. The number of hydrogen-bond donors (Lipinski definition) is 1. The van der Waals surface area contributed by atoms with Crippen molar-refractivity contribution in [1.29, 1.82) is 0 Å². The van der Waals surface area contributed by atoms with Gasteiger partial charge in [-0.1, -0.05) is 21.1 Å². The van der Waals surface area contributed by atoms with Gasteiger partial charge in [0.1, 0.15) is 0 Å². The zero-order valence-corrected chi connectivity index (χ0v) is 10.8. The number of benzene rings is 1. The molecular weight excluding hydrogens is 313 g/mol. The number of rotatable bonds is 1. The van der Waals surface area contributed by atoms with E-state index in [0.29, 0.717) is 10.0 Å². The maximum atomic E-state index is 12.6. The van der Waals surface area contributed by atoms with Crippen molar-refractivity contribution in [2.75, 3.05) is 5.73 Å². The average molecular weight is 321 g/mol. The van der Waals surface area contributed by atoms with Crippen LogP contribution in [-0.4, -0.2) is 5.16 Å². The van der Waals surface area contributed by atoms with Crippen LogP contribution in [0.25, 0.3) is 11.3 Å². The summed E-state index contributed by atoms with van der Waals surface area (Å²) in [5.41, 5.74) is 5.53. The van der Waals surface area contributed by atoms with Crippen molar-refractivity contribution in [2.45, 2.75) is 13.1 Å². The lowest BCUT2D eigenvalue weighted by Gasteiger charge is -2.09. The molecule has 0 aliphatic heterocycles. The van der Waals surface area contributed by atoms with Gasteiger partial charge in [-0.15, -0.1) is 0 Å². The molecule has 18 heavy (non-hydrogen) atoms. The van der Waals surface area contributed by atoms with Crippen molar-refractivity contribution in [3.8, 4) is 11.3 Å². The summed E-state index contributed by atoms with van der Waals surface area (Å²) < 4.78 is 43.3. The molecule has 0 bridgehead atoms. The maximum Gasteiger partial charge on any atom is 0.416 e. The van der Waals surface area contributed by atoms with Crippen molar-refractivity contribution in [1.82, 2.24) is 5.16 Å². The predicted molar refractivity (Wildman–Crippen MR) is 63.8 cm³/mol. The Morgan fingerprint density at radius 3 is 2.50 bits per heavy atom. The van der Waals surface area contributed by atoms with Gasteiger partial charge in [0.05, 0.1) is 5.56 Å². The molecular formula is C11H8BrF3N2O. The fourth-order valence-corrected chi connectivity index (χ4v) is 1.90. The maximum absolute atomic E-state index is 12.6. The quantitative estimate of drug-likeness (QED) is 0.863. The molecule has 0 saturated carbocycles. The van der Waals surface area contributed by atoms with E-state index < -0.39 is 11.7 Å². The summed E-state index contributed by atoms with van der Waals surface area (Å²) in [5.74, 6) is 0.389. The first kappa shape index (κ1) is 12.9. The summed E-state index contributed by atoms with van der Waals surface area (Å²) in [5, 5.41) is 3.53. The first-order valence-corrected chi connectivity index (χ1v) is 5.69. The molecule has 1 aromatic carbocycles. The lowest BCUT2D eigenvalue weighted by Crippen LogP contribution is -2.04. The van der Waals surface area contributed by atoms with E-state index in [0.717, 1.165) is 12.1 Å². The molecule has 96 valence electrons. The lowest BCUT2D eigenvalue weighted by molar-refractivity contribution is -0.137. The Balaban J connectivity index is 2.61. The van der Waals surface area contributed by atoms with E-state index in [1.54, 1.807) is 6.92 Å². The molecule has 0 amide bonds. The zero-order valence-electron chi connectivity index (χ0n) is 9.18. The van der Waals surface area contributed by atoms with E-state index >= 15 is 0 Å². The molecule has 0 spiro atoms. The van der Waals surface area contributed by atoms with Gasteiger partial charge < -0.3 is 10.3 Å². The average Bonchev–Trinajstić information content (AvgIpc) is 2.59. The third-order valence-electron chi connectivity index (χ3n) is 2.50.